The summed E-state index contributed by atoms with van der Waals surface area (Å²) in [5, 5.41) is 22.6. The standard InChI is InChI=1S/C25H22BrN5O2S/c1-2-5-23-29-30-25(34-23)28-24(32)17(15-27)14-18-16-31(22-7-4-3-6-21(18)22)12-13-33-20-10-8-19(26)9-11-20/h3-4,6-11,14,16H,2,5,12-13H2,1H3,(H,28,30,32)/b17-14-. The molecule has 7 nitrogen and oxygen atoms in total. The van der Waals surface area contributed by atoms with Crippen LogP contribution in [-0.4, -0.2) is 27.3 Å². The molecule has 0 unspecified atom stereocenters. The van der Waals surface area contributed by atoms with Crippen molar-refractivity contribution in [2.24, 2.45) is 0 Å². The minimum atomic E-state index is -0.503. The van der Waals surface area contributed by atoms with E-state index in [0.717, 1.165) is 44.5 Å². The number of nitrogens with one attached hydrogen (secondary N) is 1. The van der Waals surface area contributed by atoms with E-state index in [2.05, 4.69) is 42.9 Å². The summed E-state index contributed by atoms with van der Waals surface area (Å²) in [4.78, 5) is 12.7. The fourth-order valence-electron chi connectivity index (χ4n) is 3.46. The molecule has 0 saturated carbocycles. The second-order valence-electron chi connectivity index (χ2n) is 7.47. The summed E-state index contributed by atoms with van der Waals surface area (Å²) in [5.74, 6) is 0.291. The molecule has 0 spiro atoms. The van der Waals surface area contributed by atoms with Crippen LogP contribution >= 0.6 is 27.3 Å². The van der Waals surface area contributed by atoms with E-state index in [1.54, 1.807) is 6.08 Å². The van der Waals surface area contributed by atoms with Crippen molar-refractivity contribution < 1.29 is 9.53 Å². The van der Waals surface area contributed by atoms with Crippen molar-refractivity contribution in [1.82, 2.24) is 14.8 Å². The van der Waals surface area contributed by atoms with Crippen LogP contribution in [0.1, 0.15) is 23.9 Å². The van der Waals surface area contributed by atoms with Gasteiger partial charge in [-0.25, -0.2) is 0 Å². The number of rotatable bonds is 9. The Bertz CT molecular complexity index is 1370. The second kappa shape index (κ2) is 11.1. The van der Waals surface area contributed by atoms with E-state index in [1.165, 1.54) is 11.3 Å². The Morgan fingerprint density at radius 1 is 1.24 bits per heavy atom. The number of aromatic nitrogens is 3. The molecule has 172 valence electrons. The topological polar surface area (TPSA) is 92.8 Å². The van der Waals surface area contributed by atoms with Gasteiger partial charge in [-0.3, -0.25) is 10.1 Å². The van der Waals surface area contributed by atoms with Crippen LogP contribution < -0.4 is 10.1 Å². The highest BCUT2D eigenvalue weighted by atomic mass is 79.9. The van der Waals surface area contributed by atoms with Gasteiger partial charge < -0.3 is 9.30 Å². The lowest BCUT2D eigenvalue weighted by Crippen LogP contribution is -2.13. The van der Waals surface area contributed by atoms with Crippen LogP contribution in [0.4, 0.5) is 5.13 Å². The maximum Gasteiger partial charge on any atom is 0.268 e. The quantitative estimate of drug-likeness (QED) is 0.215. The molecule has 4 rings (SSSR count). The number of para-hydroxylation sites is 1. The third-order valence-electron chi connectivity index (χ3n) is 5.05. The van der Waals surface area contributed by atoms with Crippen molar-refractivity contribution in [2.45, 2.75) is 26.3 Å². The molecule has 9 heteroatoms. The lowest BCUT2D eigenvalue weighted by Gasteiger charge is -2.08. The number of fused-ring (bicyclic) bond motifs is 1. The largest absolute Gasteiger partial charge is 0.492 e. The molecular formula is C25H22BrN5O2S. The van der Waals surface area contributed by atoms with Gasteiger partial charge in [0.15, 0.2) is 0 Å². The molecule has 0 aliphatic carbocycles. The van der Waals surface area contributed by atoms with Gasteiger partial charge in [0.2, 0.25) is 5.13 Å². The molecule has 0 bridgehead atoms. The number of anilines is 1. The van der Waals surface area contributed by atoms with Crippen molar-refractivity contribution in [3.8, 4) is 11.8 Å². The number of nitrogens with zero attached hydrogens (tertiary/aromatic N) is 4. The van der Waals surface area contributed by atoms with Gasteiger partial charge in [-0.1, -0.05) is 52.4 Å². The Hall–Kier alpha value is -3.48. The van der Waals surface area contributed by atoms with E-state index in [1.807, 2.05) is 60.8 Å². The molecule has 2 aromatic carbocycles. The van der Waals surface area contributed by atoms with Crippen molar-refractivity contribution >= 4 is 55.3 Å². The highest BCUT2D eigenvalue weighted by molar-refractivity contribution is 9.10. The van der Waals surface area contributed by atoms with Gasteiger partial charge in [-0.2, -0.15) is 5.26 Å². The number of aryl methyl sites for hydroxylation is 1. The predicted octanol–water partition coefficient (Wildman–Crippen LogP) is 5.83. The Morgan fingerprint density at radius 3 is 2.79 bits per heavy atom. The maximum atomic E-state index is 12.7. The van der Waals surface area contributed by atoms with Gasteiger partial charge in [0.1, 0.15) is 29.0 Å². The Morgan fingerprint density at radius 2 is 2.03 bits per heavy atom. The van der Waals surface area contributed by atoms with Gasteiger partial charge in [0, 0.05) is 33.6 Å². The molecule has 4 aromatic rings. The number of amides is 1. The molecular weight excluding hydrogens is 514 g/mol. The maximum absolute atomic E-state index is 12.7. The number of carbonyl (C=O) groups excluding carboxylic acids is 1. The van der Waals surface area contributed by atoms with Gasteiger partial charge in [-0.05, 0) is 42.8 Å². The zero-order valence-electron chi connectivity index (χ0n) is 18.5. The zero-order chi connectivity index (χ0) is 23.9. The van der Waals surface area contributed by atoms with Gasteiger partial charge in [0.05, 0.1) is 6.54 Å². The summed E-state index contributed by atoms with van der Waals surface area (Å²) in [6, 6.07) is 17.6. The number of halogens is 1. The van der Waals surface area contributed by atoms with Crippen LogP contribution in [0.3, 0.4) is 0 Å². The average molecular weight is 536 g/mol. The molecule has 1 N–H and O–H groups in total. The van der Waals surface area contributed by atoms with E-state index < -0.39 is 5.91 Å². The third-order valence-corrected chi connectivity index (χ3v) is 6.48. The average Bonchev–Trinajstić information content (AvgIpc) is 3.43. The van der Waals surface area contributed by atoms with Crippen LogP contribution in [0.15, 0.2) is 64.8 Å². The van der Waals surface area contributed by atoms with Crippen molar-refractivity contribution in [3.63, 3.8) is 0 Å². The molecule has 34 heavy (non-hydrogen) atoms. The fraction of sp³-hybridized carbons (Fsp3) is 0.200. The Labute approximate surface area is 209 Å². The number of ether oxygens (including phenoxy) is 1. The van der Waals surface area contributed by atoms with E-state index in [-0.39, 0.29) is 5.57 Å². The van der Waals surface area contributed by atoms with Crippen LogP contribution in [-0.2, 0) is 17.8 Å². The lowest BCUT2D eigenvalue weighted by molar-refractivity contribution is -0.112. The Kier molecular flexibility index (Phi) is 7.72. The smallest absolute Gasteiger partial charge is 0.268 e. The molecule has 0 fully saturated rings. The summed E-state index contributed by atoms with van der Waals surface area (Å²) >= 11 is 4.74. The van der Waals surface area contributed by atoms with E-state index in [4.69, 9.17) is 4.74 Å². The first-order valence-corrected chi connectivity index (χ1v) is 12.4. The van der Waals surface area contributed by atoms with Crippen LogP contribution in [0.2, 0.25) is 0 Å². The summed E-state index contributed by atoms with van der Waals surface area (Å²) in [6.07, 6.45) is 5.30. The number of hydrogen-bond donors (Lipinski definition) is 1. The molecule has 0 aliphatic heterocycles. The summed E-state index contributed by atoms with van der Waals surface area (Å²) in [5.41, 5.74) is 1.79. The fourth-order valence-corrected chi connectivity index (χ4v) is 4.56. The van der Waals surface area contributed by atoms with Gasteiger partial charge >= 0.3 is 0 Å². The van der Waals surface area contributed by atoms with E-state index >= 15 is 0 Å². The molecule has 0 radical (unpaired) electrons. The SMILES string of the molecule is CCCc1nnc(NC(=O)/C(C#N)=C\c2cn(CCOc3ccc(Br)cc3)c3ccccc23)s1. The Balaban J connectivity index is 1.52. The normalized spacial score (nSPS) is 11.4. The summed E-state index contributed by atoms with van der Waals surface area (Å²) < 4.78 is 8.93. The molecule has 0 aliphatic rings. The first-order valence-electron chi connectivity index (χ1n) is 10.8. The highest BCUT2D eigenvalue weighted by Gasteiger charge is 2.15. The molecule has 0 saturated heterocycles. The minimum absolute atomic E-state index is 0.00116. The van der Waals surface area contributed by atoms with Crippen molar-refractivity contribution in [1.29, 1.82) is 5.26 Å². The van der Waals surface area contributed by atoms with Gasteiger partial charge in [0.25, 0.3) is 5.91 Å². The van der Waals surface area contributed by atoms with Crippen LogP contribution in [0, 0.1) is 11.3 Å². The monoisotopic (exact) mass is 535 g/mol. The first kappa shape index (κ1) is 23.7. The second-order valence-corrected chi connectivity index (χ2v) is 9.45. The lowest BCUT2D eigenvalue weighted by atomic mass is 10.1. The number of carbonyl (C=O) groups is 1. The van der Waals surface area contributed by atoms with E-state index in [0.29, 0.717) is 18.3 Å². The molecule has 1 amide bonds. The predicted molar refractivity (Wildman–Crippen MR) is 138 cm³/mol. The molecule has 2 heterocycles. The van der Waals surface area contributed by atoms with Crippen LogP contribution in [0.5, 0.6) is 5.75 Å². The van der Waals surface area contributed by atoms with Gasteiger partial charge in [-0.15, -0.1) is 10.2 Å². The van der Waals surface area contributed by atoms with Crippen molar-refractivity contribution in [3.05, 3.63) is 75.3 Å². The summed E-state index contributed by atoms with van der Waals surface area (Å²) in [7, 11) is 0. The van der Waals surface area contributed by atoms with E-state index in [9.17, 15) is 10.1 Å². The number of benzene rings is 2. The zero-order valence-corrected chi connectivity index (χ0v) is 20.9. The molecule has 2 aromatic heterocycles. The van der Waals surface area contributed by atoms with Crippen molar-refractivity contribution in [2.75, 3.05) is 11.9 Å². The molecule has 0 atom stereocenters. The first-order chi connectivity index (χ1) is 16.6. The third kappa shape index (κ3) is 5.71. The summed E-state index contributed by atoms with van der Waals surface area (Å²) in [6.45, 7) is 3.15. The highest BCUT2D eigenvalue weighted by Crippen LogP contribution is 2.25. The number of hydrogen-bond acceptors (Lipinski definition) is 6. The number of nitriles is 1. The minimum Gasteiger partial charge on any atom is -0.492 e. The van der Waals surface area contributed by atoms with Crippen LogP contribution in [0.25, 0.3) is 17.0 Å².